The normalized spacial score (nSPS) is 16.3. The Morgan fingerprint density at radius 3 is 2.56 bits per heavy atom. The average Bonchev–Trinajstić information content (AvgIpc) is 2.66. The molecule has 5 nitrogen and oxygen atoms in total. The maximum Gasteiger partial charge on any atom is 0.191 e. The zero-order valence-electron chi connectivity index (χ0n) is 16.8. The van der Waals surface area contributed by atoms with E-state index < -0.39 is 0 Å². The molecule has 0 saturated heterocycles. The van der Waals surface area contributed by atoms with Crippen LogP contribution >= 0.6 is 24.0 Å². The molecular weight excluding hydrogens is 453 g/mol. The van der Waals surface area contributed by atoms with Crippen LogP contribution in [0.15, 0.2) is 29.3 Å². The first-order chi connectivity index (χ1) is 12.7. The number of halogens is 1. The van der Waals surface area contributed by atoms with Gasteiger partial charge in [-0.15, -0.1) is 24.0 Å². The van der Waals surface area contributed by atoms with Gasteiger partial charge >= 0.3 is 0 Å². The Morgan fingerprint density at radius 1 is 1.15 bits per heavy atom. The van der Waals surface area contributed by atoms with E-state index in [1.54, 1.807) is 0 Å². The van der Waals surface area contributed by atoms with Crippen molar-refractivity contribution in [1.29, 1.82) is 0 Å². The molecule has 0 unspecified atom stereocenters. The average molecular weight is 489 g/mol. The summed E-state index contributed by atoms with van der Waals surface area (Å²) in [5, 5.41) is 16.4. The van der Waals surface area contributed by atoms with E-state index in [1.807, 2.05) is 25.1 Å². The molecular formula is C21H36IN3O2. The van der Waals surface area contributed by atoms with Gasteiger partial charge in [0.25, 0.3) is 0 Å². The maximum absolute atomic E-state index is 9.50. The van der Waals surface area contributed by atoms with Gasteiger partial charge in [0.2, 0.25) is 0 Å². The summed E-state index contributed by atoms with van der Waals surface area (Å²) in [6, 6.07) is 8.06. The Kier molecular flexibility index (Phi) is 11.7. The standard InChI is InChI=1S/C21H35N3O2.HI/c1-3-22-20(23-16-18-10-6-7-11-19(18)26-4-2)24-17-21(14-15-25)12-8-5-9-13-21;/h6-7,10-11,25H,3-5,8-9,12-17H2,1-2H3,(H2,22,23,24);1H. The molecule has 1 fully saturated rings. The van der Waals surface area contributed by atoms with Gasteiger partial charge in [-0.3, -0.25) is 0 Å². The molecule has 0 radical (unpaired) electrons. The van der Waals surface area contributed by atoms with E-state index in [-0.39, 0.29) is 36.0 Å². The predicted octanol–water partition coefficient (Wildman–Crippen LogP) is 4.09. The van der Waals surface area contributed by atoms with Gasteiger partial charge < -0.3 is 20.5 Å². The molecule has 2 rings (SSSR count). The molecule has 6 heteroatoms. The van der Waals surface area contributed by atoms with Crippen molar-refractivity contribution in [1.82, 2.24) is 10.6 Å². The van der Waals surface area contributed by atoms with Gasteiger partial charge in [-0.25, -0.2) is 4.99 Å². The highest BCUT2D eigenvalue weighted by atomic mass is 127. The summed E-state index contributed by atoms with van der Waals surface area (Å²) in [7, 11) is 0. The Hall–Kier alpha value is -1.02. The van der Waals surface area contributed by atoms with Crippen LogP contribution in [0.3, 0.4) is 0 Å². The van der Waals surface area contributed by atoms with Gasteiger partial charge in [0.15, 0.2) is 5.96 Å². The van der Waals surface area contributed by atoms with Crippen molar-refractivity contribution in [2.45, 2.75) is 58.9 Å². The number of hydrogen-bond acceptors (Lipinski definition) is 3. The summed E-state index contributed by atoms with van der Waals surface area (Å²) >= 11 is 0. The number of nitrogens with zero attached hydrogens (tertiary/aromatic N) is 1. The molecule has 1 aromatic carbocycles. The summed E-state index contributed by atoms with van der Waals surface area (Å²) in [5.41, 5.74) is 1.29. The number of aliphatic hydroxyl groups excluding tert-OH is 1. The SMILES string of the molecule is CCNC(=NCc1ccccc1OCC)NCC1(CCO)CCCCC1.I. The quantitative estimate of drug-likeness (QED) is 0.278. The van der Waals surface area contributed by atoms with Gasteiger partial charge in [-0.1, -0.05) is 37.5 Å². The number of benzene rings is 1. The van der Waals surface area contributed by atoms with Gasteiger partial charge in [0.1, 0.15) is 5.75 Å². The van der Waals surface area contributed by atoms with Crippen LogP contribution < -0.4 is 15.4 Å². The molecule has 3 N–H and O–H groups in total. The van der Waals surface area contributed by atoms with Crippen LogP contribution in [0.25, 0.3) is 0 Å². The smallest absolute Gasteiger partial charge is 0.191 e. The minimum Gasteiger partial charge on any atom is -0.494 e. The number of aliphatic imine (C=N–C) groups is 1. The molecule has 0 atom stereocenters. The van der Waals surface area contributed by atoms with Crippen molar-refractivity contribution in [2.75, 3.05) is 26.3 Å². The zero-order valence-corrected chi connectivity index (χ0v) is 19.1. The molecule has 0 aromatic heterocycles. The third kappa shape index (κ3) is 7.86. The largest absolute Gasteiger partial charge is 0.494 e. The van der Waals surface area contributed by atoms with Crippen LogP contribution in [0.2, 0.25) is 0 Å². The molecule has 1 aromatic rings. The molecule has 0 bridgehead atoms. The molecule has 0 aliphatic heterocycles. The van der Waals surface area contributed by atoms with Crippen molar-refractivity contribution in [3.05, 3.63) is 29.8 Å². The fourth-order valence-corrected chi connectivity index (χ4v) is 3.76. The maximum atomic E-state index is 9.50. The molecule has 27 heavy (non-hydrogen) atoms. The number of guanidine groups is 1. The monoisotopic (exact) mass is 489 g/mol. The Morgan fingerprint density at radius 2 is 1.89 bits per heavy atom. The third-order valence-corrected chi connectivity index (χ3v) is 5.21. The predicted molar refractivity (Wildman–Crippen MR) is 123 cm³/mol. The van der Waals surface area contributed by atoms with Crippen LogP contribution in [0.1, 0.15) is 57.9 Å². The van der Waals surface area contributed by atoms with Crippen LogP contribution in [-0.2, 0) is 6.54 Å². The van der Waals surface area contributed by atoms with Crippen molar-refractivity contribution in [3.63, 3.8) is 0 Å². The lowest BCUT2D eigenvalue weighted by molar-refractivity contribution is 0.131. The summed E-state index contributed by atoms with van der Waals surface area (Å²) < 4.78 is 5.69. The summed E-state index contributed by atoms with van der Waals surface area (Å²) in [6.07, 6.45) is 7.08. The topological polar surface area (TPSA) is 65.9 Å². The third-order valence-electron chi connectivity index (χ3n) is 5.21. The van der Waals surface area contributed by atoms with Crippen LogP contribution in [0.4, 0.5) is 0 Å². The van der Waals surface area contributed by atoms with E-state index in [9.17, 15) is 5.11 Å². The van der Waals surface area contributed by atoms with E-state index in [0.29, 0.717) is 13.2 Å². The molecule has 0 amide bonds. The molecule has 0 heterocycles. The van der Waals surface area contributed by atoms with Crippen molar-refractivity contribution < 1.29 is 9.84 Å². The first kappa shape index (κ1) is 24.0. The van der Waals surface area contributed by atoms with E-state index in [2.05, 4.69) is 23.6 Å². The summed E-state index contributed by atoms with van der Waals surface area (Å²) in [4.78, 5) is 4.75. The second-order valence-electron chi connectivity index (χ2n) is 7.12. The Bertz CT molecular complexity index is 555. The minimum atomic E-state index is 0. The number of para-hydroxylation sites is 1. The number of aliphatic hydroxyl groups is 1. The second kappa shape index (κ2) is 13.2. The first-order valence-electron chi connectivity index (χ1n) is 10.1. The lowest BCUT2D eigenvalue weighted by Crippen LogP contribution is -2.44. The van der Waals surface area contributed by atoms with Crippen molar-refractivity contribution >= 4 is 29.9 Å². The number of hydrogen-bond donors (Lipinski definition) is 3. The summed E-state index contributed by atoms with van der Waals surface area (Å²) in [6.45, 7) is 7.27. The van der Waals surface area contributed by atoms with Gasteiger partial charge in [-0.2, -0.15) is 0 Å². The van der Waals surface area contributed by atoms with E-state index in [4.69, 9.17) is 9.73 Å². The number of nitrogens with one attached hydrogen (secondary N) is 2. The second-order valence-corrected chi connectivity index (χ2v) is 7.12. The van der Waals surface area contributed by atoms with E-state index in [0.717, 1.165) is 36.8 Å². The van der Waals surface area contributed by atoms with Gasteiger partial charge in [0, 0.05) is 25.3 Å². The highest BCUT2D eigenvalue weighted by Crippen LogP contribution is 2.38. The number of rotatable bonds is 9. The molecule has 1 saturated carbocycles. The highest BCUT2D eigenvalue weighted by Gasteiger charge is 2.31. The molecule has 154 valence electrons. The van der Waals surface area contributed by atoms with E-state index in [1.165, 1.54) is 32.1 Å². The fourth-order valence-electron chi connectivity index (χ4n) is 3.76. The van der Waals surface area contributed by atoms with Crippen LogP contribution in [-0.4, -0.2) is 37.4 Å². The molecule has 0 spiro atoms. The minimum absolute atomic E-state index is 0. The van der Waals surface area contributed by atoms with Gasteiger partial charge in [0.05, 0.1) is 13.2 Å². The van der Waals surface area contributed by atoms with Crippen LogP contribution in [0.5, 0.6) is 5.75 Å². The molecule has 1 aliphatic rings. The molecule has 1 aliphatic carbocycles. The van der Waals surface area contributed by atoms with Crippen molar-refractivity contribution in [3.8, 4) is 5.75 Å². The first-order valence-corrected chi connectivity index (χ1v) is 10.1. The fraction of sp³-hybridized carbons (Fsp3) is 0.667. The zero-order chi connectivity index (χ0) is 18.7. The highest BCUT2D eigenvalue weighted by molar-refractivity contribution is 14.0. The number of ether oxygens (including phenoxy) is 1. The van der Waals surface area contributed by atoms with Gasteiger partial charge in [-0.05, 0) is 44.6 Å². The lowest BCUT2D eigenvalue weighted by atomic mass is 9.72. The van der Waals surface area contributed by atoms with E-state index >= 15 is 0 Å². The Labute approximate surface area is 181 Å². The summed E-state index contributed by atoms with van der Waals surface area (Å²) in [5.74, 6) is 1.74. The van der Waals surface area contributed by atoms with Crippen LogP contribution in [0, 0.1) is 5.41 Å². The lowest BCUT2D eigenvalue weighted by Gasteiger charge is -2.37. The van der Waals surface area contributed by atoms with Crippen molar-refractivity contribution in [2.24, 2.45) is 10.4 Å². The Balaban J connectivity index is 0.00000364.